The van der Waals surface area contributed by atoms with Gasteiger partial charge in [-0.3, -0.25) is 0 Å². The van der Waals surface area contributed by atoms with Crippen molar-refractivity contribution < 1.29 is 9.90 Å². The molecule has 0 unspecified atom stereocenters. The number of fused-ring (bicyclic) bond motifs is 1. The van der Waals surface area contributed by atoms with Crippen molar-refractivity contribution in [2.75, 3.05) is 0 Å². The van der Waals surface area contributed by atoms with E-state index >= 15 is 0 Å². The van der Waals surface area contributed by atoms with Crippen LogP contribution in [-0.2, 0) is 11.2 Å². The van der Waals surface area contributed by atoms with Gasteiger partial charge in [0.05, 0.1) is 0 Å². The molecular formula is C11H10NO2Se. The maximum atomic E-state index is 10.7. The van der Waals surface area contributed by atoms with Crippen molar-refractivity contribution in [1.82, 2.24) is 4.98 Å². The van der Waals surface area contributed by atoms with Gasteiger partial charge in [0, 0.05) is 0 Å². The van der Waals surface area contributed by atoms with Crippen LogP contribution in [0.5, 0.6) is 0 Å². The Hall–Kier alpha value is -1.25. The van der Waals surface area contributed by atoms with Gasteiger partial charge in [0.1, 0.15) is 0 Å². The summed E-state index contributed by atoms with van der Waals surface area (Å²) in [5.74, 6) is -0.805. The van der Waals surface area contributed by atoms with E-state index < -0.39 is 10.8 Å². The van der Waals surface area contributed by atoms with Gasteiger partial charge >= 0.3 is 95.0 Å². The monoisotopic (exact) mass is 268 g/mol. The number of para-hydroxylation sites is 1. The molecule has 77 valence electrons. The SMILES string of the molecule is O=C(O)[C@H]([Se])Cc1c[nH]c2ccccc12. The third kappa shape index (κ3) is 2.06. The van der Waals surface area contributed by atoms with Crippen LogP contribution in [0.15, 0.2) is 30.5 Å². The standard InChI is InChI=1S/C11H10NO2Se/c13-11(14)10(15)5-7-6-12-9-4-2-1-3-8(7)9/h1-4,6,10,12H,5H2,(H,13,14)/t10-/m1/s1. The molecule has 4 heteroatoms. The van der Waals surface area contributed by atoms with Gasteiger partial charge in [0.15, 0.2) is 0 Å². The van der Waals surface area contributed by atoms with E-state index in [9.17, 15) is 4.79 Å². The van der Waals surface area contributed by atoms with Gasteiger partial charge in [-0.2, -0.15) is 0 Å². The summed E-state index contributed by atoms with van der Waals surface area (Å²) in [5.41, 5.74) is 2.09. The number of carbonyl (C=O) groups is 1. The van der Waals surface area contributed by atoms with Crippen molar-refractivity contribution >= 4 is 32.9 Å². The summed E-state index contributed by atoms with van der Waals surface area (Å²) in [7, 11) is 0. The van der Waals surface area contributed by atoms with Crippen LogP contribution in [0.4, 0.5) is 0 Å². The summed E-state index contributed by atoms with van der Waals surface area (Å²) in [6.07, 6.45) is 2.39. The summed E-state index contributed by atoms with van der Waals surface area (Å²) in [4.78, 5) is 13.4. The number of aliphatic carboxylic acids is 1. The second-order valence-electron chi connectivity index (χ2n) is 3.39. The molecule has 1 aromatic heterocycles. The second-order valence-corrected chi connectivity index (χ2v) is 4.58. The first-order valence-corrected chi connectivity index (χ1v) is 5.61. The van der Waals surface area contributed by atoms with E-state index in [0.717, 1.165) is 16.5 Å². The number of hydrogen-bond acceptors (Lipinski definition) is 1. The minimum atomic E-state index is -0.805. The molecule has 1 atom stereocenters. The Labute approximate surface area is 95.3 Å². The zero-order chi connectivity index (χ0) is 10.8. The van der Waals surface area contributed by atoms with Crippen LogP contribution in [0.25, 0.3) is 10.9 Å². The van der Waals surface area contributed by atoms with Crippen molar-refractivity contribution in [3.63, 3.8) is 0 Å². The zero-order valence-electron chi connectivity index (χ0n) is 7.93. The number of rotatable bonds is 3. The van der Waals surface area contributed by atoms with Gasteiger partial charge in [0.25, 0.3) is 0 Å². The van der Waals surface area contributed by atoms with Crippen molar-refractivity contribution in [2.24, 2.45) is 0 Å². The first-order chi connectivity index (χ1) is 7.18. The molecule has 0 aliphatic heterocycles. The summed E-state index contributed by atoms with van der Waals surface area (Å²) in [6.45, 7) is 0. The molecule has 1 heterocycles. The normalized spacial score (nSPS) is 12.9. The minimum absolute atomic E-state index is 0.468. The molecule has 1 radical (unpaired) electrons. The summed E-state index contributed by atoms with van der Waals surface area (Å²) in [5, 5.41) is 9.91. The molecule has 0 aliphatic carbocycles. The Bertz CT molecular complexity index is 492. The molecule has 0 saturated heterocycles. The van der Waals surface area contributed by atoms with E-state index in [1.165, 1.54) is 0 Å². The van der Waals surface area contributed by atoms with Crippen LogP contribution in [0.2, 0.25) is 4.82 Å². The number of nitrogens with one attached hydrogen (secondary N) is 1. The number of H-pyrrole nitrogens is 1. The van der Waals surface area contributed by atoms with Crippen LogP contribution >= 0.6 is 0 Å². The molecule has 0 saturated carbocycles. The Morgan fingerprint density at radius 3 is 2.93 bits per heavy atom. The number of benzene rings is 1. The van der Waals surface area contributed by atoms with Gasteiger partial charge in [0.2, 0.25) is 0 Å². The van der Waals surface area contributed by atoms with Gasteiger partial charge < -0.3 is 0 Å². The number of aromatic nitrogens is 1. The summed E-state index contributed by atoms with van der Waals surface area (Å²) in [6, 6.07) is 7.88. The van der Waals surface area contributed by atoms with E-state index in [4.69, 9.17) is 5.11 Å². The fraction of sp³-hybridized carbons (Fsp3) is 0.182. The number of aromatic amines is 1. The van der Waals surface area contributed by atoms with Crippen LogP contribution in [0.3, 0.4) is 0 Å². The van der Waals surface area contributed by atoms with E-state index in [-0.39, 0.29) is 0 Å². The predicted molar refractivity (Wildman–Crippen MR) is 59.1 cm³/mol. The number of carboxylic acid groups (broad SMARTS) is 1. The average Bonchev–Trinajstić information content (AvgIpc) is 2.62. The second kappa shape index (κ2) is 4.09. The Morgan fingerprint density at radius 1 is 1.47 bits per heavy atom. The maximum absolute atomic E-state index is 10.7. The van der Waals surface area contributed by atoms with E-state index in [0.29, 0.717) is 6.42 Å². The van der Waals surface area contributed by atoms with Gasteiger partial charge in [-0.15, -0.1) is 0 Å². The average molecular weight is 267 g/mol. The van der Waals surface area contributed by atoms with Crippen LogP contribution in [-0.4, -0.2) is 32.1 Å². The molecule has 3 nitrogen and oxygen atoms in total. The molecule has 0 fully saturated rings. The number of carboxylic acids is 1. The van der Waals surface area contributed by atoms with Crippen LogP contribution in [0.1, 0.15) is 5.56 Å². The van der Waals surface area contributed by atoms with E-state index in [1.807, 2.05) is 30.5 Å². The van der Waals surface area contributed by atoms with Crippen molar-refractivity contribution in [3.8, 4) is 0 Å². The molecule has 0 spiro atoms. The molecule has 0 bridgehead atoms. The van der Waals surface area contributed by atoms with E-state index in [1.54, 1.807) is 0 Å². The van der Waals surface area contributed by atoms with Crippen LogP contribution < -0.4 is 0 Å². The fourth-order valence-corrected chi connectivity index (χ4v) is 1.96. The molecule has 0 aliphatic rings. The Kier molecular flexibility index (Phi) is 2.80. The van der Waals surface area contributed by atoms with Crippen LogP contribution in [0, 0.1) is 0 Å². The van der Waals surface area contributed by atoms with Gasteiger partial charge in [-0.05, 0) is 0 Å². The quantitative estimate of drug-likeness (QED) is 0.832. The van der Waals surface area contributed by atoms with Crippen molar-refractivity contribution in [3.05, 3.63) is 36.0 Å². The summed E-state index contributed by atoms with van der Waals surface area (Å²) < 4.78 is 0. The summed E-state index contributed by atoms with van der Waals surface area (Å²) >= 11 is 2.67. The predicted octanol–water partition coefficient (Wildman–Crippen LogP) is 1.75. The topological polar surface area (TPSA) is 53.1 Å². The fourth-order valence-electron chi connectivity index (χ4n) is 1.59. The molecule has 0 amide bonds. The molecule has 15 heavy (non-hydrogen) atoms. The first kappa shape index (κ1) is 10.3. The molecule has 1 aromatic carbocycles. The Balaban J connectivity index is 2.32. The molecule has 2 aromatic rings. The molecule has 2 N–H and O–H groups in total. The Morgan fingerprint density at radius 2 is 2.20 bits per heavy atom. The van der Waals surface area contributed by atoms with Crippen molar-refractivity contribution in [2.45, 2.75) is 11.2 Å². The third-order valence-corrected chi connectivity index (χ3v) is 3.13. The molecule has 2 rings (SSSR count). The molecular weight excluding hydrogens is 257 g/mol. The van der Waals surface area contributed by atoms with Crippen molar-refractivity contribution in [1.29, 1.82) is 0 Å². The number of hydrogen-bond donors (Lipinski definition) is 2. The van der Waals surface area contributed by atoms with Gasteiger partial charge in [-0.1, -0.05) is 0 Å². The van der Waals surface area contributed by atoms with Gasteiger partial charge in [-0.25, -0.2) is 0 Å². The van der Waals surface area contributed by atoms with E-state index in [2.05, 4.69) is 21.0 Å². The zero-order valence-corrected chi connectivity index (χ0v) is 9.65. The first-order valence-electron chi connectivity index (χ1n) is 4.62. The third-order valence-electron chi connectivity index (χ3n) is 2.36.